The minimum Gasteiger partial charge on any atom is -0.292 e. The Balaban J connectivity index is 2.43. The van der Waals surface area contributed by atoms with Gasteiger partial charge in [0, 0.05) is 26.5 Å². The maximum Gasteiger partial charge on any atom is 0.185 e. The van der Waals surface area contributed by atoms with Crippen molar-refractivity contribution < 1.29 is 4.79 Å². The molecule has 1 aromatic heterocycles. The molecule has 1 heterocycles. The highest BCUT2D eigenvalue weighted by Gasteiger charge is 2.23. The van der Waals surface area contributed by atoms with Crippen LogP contribution >= 0.6 is 34.2 Å². The number of carbonyl (C=O) groups is 1. The van der Waals surface area contributed by atoms with Crippen LogP contribution in [0, 0.1) is 14.9 Å². The van der Waals surface area contributed by atoms with Crippen LogP contribution in [0.3, 0.4) is 0 Å². The Morgan fingerprint density at radius 2 is 2.00 bits per heavy atom. The number of aromatic nitrogens is 1. The number of nitriles is 1. The second kappa shape index (κ2) is 6.13. The molecule has 0 fully saturated rings. The highest BCUT2D eigenvalue weighted by atomic mass is 127. The van der Waals surface area contributed by atoms with E-state index in [0.717, 1.165) is 3.57 Å². The first kappa shape index (κ1) is 14.0. The summed E-state index contributed by atoms with van der Waals surface area (Å²) < 4.78 is 0.779. The first-order chi connectivity index (χ1) is 9.13. The summed E-state index contributed by atoms with van der Waals surface area (Å²) in [6.45, 7) is 0. The second-order valence-corrected chi connectivity index (χ2v) is 5.43. The molecule has 94 valence electrons. The van der Waals surface area contributed by atoms with Gasteiger partial charge in [-0.1, -0.05) is 11.6 Å². The van der Waals surface area contributed by atoms with Crippen LogP contribution in [0.15, 0.2) is 42.7 Å². The van der Waals surface area contributed by atoms with Crippen LogP contribution < -0.4 is 0 Å². The number of halogens is 2. The number of carbonyl (C=O) groups excluding carboxylic acids is 1. The Labute approximate surface area is 129 Å². The molecule has 3 nitrogen and oxygen atoms in total. The molecule has 0 radical (unpaired) electrons. The van der Waals surface area contributed by atoms with Gasteiger partial charge < -0.3 is 0 Å². The number of hydrogen-bond donors (Lipinski definition) is 0. The minimum atomic E-state index is -0.838. The summed E-state index contributed by atoms with van der Waals surface area (Å²) in [6, 6.07) is 10.5. The Bertz CT molecular complexity index is 652. The van der Waals surface area contributed by atoms with E-state index in [0.29, 0.717) is 16.1 Å². The molecule has 2 rings (SSSR count). The third-order valence-electron chi connectivity index (χ3n) is 2.62. The van der Waals surface area contributed by atoms with E-state index in [1.165, 1.54) is 0 Å². The van der Waals surface area contributed by atoms with Crippen LogP contribution in [-0.2, 0) is 0 Å². The molecule has 0 aliphatic heterocycles. The zero-order valence-corrected chi connectivity index (χ0v) is 12.6. The van der Waals surface area contributed by atoms with Gasteiger partial charge in [-0.2, -0.15) is 5.26 Å². The molecule has 0 saturated heterocycles. The maximum absolute atomic E-state index is 12.4. The van der Waals surface area contributed by atoms with E-state index in [2.05, 4.69) is 27.6 Å². The van der Waals surface area contributed by atoms with Gasteiger partial charge in [-0.05, 0) is 58.5 Å². The van der Waals surface area contributed by atoms with Crippen LogP contribution in [0.1, 0.15) is 21.8 Å². The Morgan fingerprint density at radius 1 is 1.32 bits per heavy atom. The zero-order valence-electron chi connectivity index (χ0n) is 9.68. The molecular weight excluding hydrogens is 375 g/mol. The van der Waals surface area contributed by atoms with E-state index in [1.54, 1.807) is 42.7 Å². The van der Waals surface area contributed by atoms with Crippen molar-refractivity contribution in [1.29, 1.82) is 5.26 Å². The van der Waals surface area contributed by atoms with Gasteiger partial charge in [0.1, 0.15) is 5.92 Å². The molecular formula is C14H8ClIN2O. The van der Waals surface area contributed by atoms with Crippen molar-refractivity contribution >= 4 is 40.0 Å². The third-order valence-corrected chi connectivity index (χ3v) is 3.80. The number of pyridine rings is 1. The molecule has 0 spiro atoms. The van der Waals surface area contributed by atoms with Gasteiger partial charge in [0.05, 0.1) is 6.07 Å². The van der Waals surface area contributed by atoms with E-state index in [-0.39, 0.29) is 5.78 Å². The minimum absolute atomic E-state index is 0.249. The molecule has 0 aliphatic rings. The quantitative estimate of drug-likeness (QED) is 0.599. The molecule has 1 atom stereocenters. The van der Waals surface area contributed by atoms with Gasteiger partial charge in [0.15, 0.2) is 5.78 Å². The maximum atomic E-state index is 12.4. The molecule has 0 saturated carbocycles. The highest BCUT2D eigenvalue weighted by molar-refractivity contribution is 14.1. The van der Waals surface area contributed by atoms with E-state index < -0.39 is 5.92 Å². The highest BCUT2D eigenvalue weighted by Crippen LogP contribution is 2.25. The normalized spacial score (nSPS) is 11.6. The summed E-state index contributed by atoms with van der Waals surface area (Å²) in [6.07, 6.45) is 3.13. The van der Waals surface area contributed by atoms with Gasteiger partial charge in [-0.3, -0.25) is 9.78 Å². The van der Waals surface area contributed by atoms with Crippen molar-refractivity contribution in [3.8, 4) is 6.07 Å². The number of rotatable bonds is 3. The van der Waals surface area contributed by atoms with Gasteiger partial charge >= 0.3 is 0 Å². The standard InChI is InChI=1S/C14H8ClIN2O/c15-10-1-2-13(16)11(7-10)14(19)12(8-17)9-3-5-18-6-4-9/h1-7,12H. The molecule has 0 bridgehead atoms. The number of nitrogens with zero attached hydrogens (tertiary/aromatic N) is 2. The lowest BCUT2D eigenvalue weighted by atomic mass is 9.92. The molecule has 0 N–H and O–H groups in total. The molecule has 19 heavy (non-hydrogen) atoms. The van der Waals surface area contributed by atoms with E-state index >= 15 is 0 Å². The largest absolute Gasteiger partial charge is 0.292 e. The first-order valence-electron chi connectivity index (χ1n) is 5.42. The summed E-state index contributed by atoms with van der Waals surface area (Å²) in [4.78, 5) is 16.3. The van der Waals surface area contributed by atoms with Crippen LogP contribution in [0.25, 0.3) is 0 Å². The fourth-order valence-corrected chi connectivity index (χ4v) is 2.46. The first-order valence-corrected chi connectivity index (χ1v) is 6.88. The topological polar surface area (TPSA) is 53.8 Å². The second-order valence-electron chi connectivity index (χ2n) is 3.83. The van der Waals surface area contributed by atoms with Crippen LogP contribution in [0.2, 0.25) is 5.02 Å². The van der Waals surface area contributed by atoms with Crippen molar-refractivity contribution in [3.63, 3.8) is 0 Å². The summed E-state index contributed by atoms with van der Waals surface area (Å²) in [5.74, 6) is -1.09. The Morgan fingerprint density at radius 3 is 2.63 bits per heavy atom. The van der Waals surface area contributed by atoms with Crippen LogP contribution in [0.4, 0.5) is 0 Å². The number of hydrogen-bond acceptors (Lipinski definition) is 3. The molecule has 0 amide bonds. The van der Waals surface area contributed by atoms with Crippen molar-refractivity contribution in [2.45, 2.75) is 5.92 Å². The van der Waals surface area contributed by atoms with Gasteiger partial charge in [-0.25, -0.2) is 0 Å². The SMILES string of the molecule is N#CC(C(=O)c1cc(Cl)ccc1I)c1ccncc1. The zero-order chi connectivity index (χ0) is 13.8. The van der Waals surface area contributed by atoms with Gasteiger partial charge in [0.2, 0.25) is 0 Å². The molecule has 5 heteroatoms. The van der Waals surface area contributed by atoms with Crippen molar-refractivity contribution in [1.82, 2.24) is 4.98 Å². The lowest BCUT2D eigenvalue weighted by molar-refractivity contribution is 0.0978. The molecule has 1 aromatic carbocycles. The van der Waals surface area contributed by atoms with Crippen molar-refractivity contribution in [3.05, 3.63) is 62.4 Å². The fraction of sp³-hybridized carbons (Fsp3) is 0.0714. The summed E-state index contributed by atoms with van der Waals surface area (Å²) in [7, 11) is 0. The Hall–Kier alpha value is -1.45. The monoisotopic (exact) mass is 382 g/mol. The Kier molecular flexibility index (Phi) is 4.51. The average Bonchev–Trinajstić information content (AvgIpc) is 2.43. The predicted molar refractivity (Wildman–Crippen MR) is 81.1 cm³/mol. The van der Waals surface area contributed by atoms with E-state index in [4.69, 9.17) is 11.6 Å². The lowest BCUT2D eigenvalue weighted by Crippen LogP contribution is -2.12. The predicted octanol–water partition coefficient (Wildman–Crippen LogP) is 3.83. The number of ketones is 1. The van der Waals surface area contributed by atoms with E-state index in [1.807, 2.05) is 6.07 Å². The van der Waals surface area contributed by atoms with Gasteiger partial charge in [-0.15, -0.1) is 0 Å². The third kappa shape index (κ3) is 3.11. The molecule has 1 unspecified atom stereocenters. The van der Waals surface area contributed by atoms with Crippen LogP contribution in [0.5, 0.6) is 0 Å². The summed E-state index contributed by atoms with van der Waals surface area (Å²) >= 11 is 7.97. The van der Waals surface area contributed by atoms with Crippen LogP contribution in [-0.4, -0.2) is 10.8 Å². The average molecular weight is 383 g/mol. The molecule has 0 aliphatic carbocycles. The summed E-state index contributed by atoms with van der Waals surface area (Å²) in [5, 5.41) is 9.73. The fourth-order valence-electron chi connectivity index (χ4n) is 1.68. The van der Waals surface area contributed by atoms with Crippen molar-refractivity contribution in [2.24, 2.45) is 0 Å². The lowest BCUT2D eigenvalue weighted by Gasteiger charge is -2.10. The van der Waals surface area contributed by atoms with Gasteiger partial charge in [0.25, 0.3) is 0 Å². The summed E-state index contributed by atoms with van der Waals surface area (Å²) in [5.41, 5.74) is 1.11. The van der Waals surface area contributed by atoms with Crippen molar-refractivity contribution in [2.75, 3.05) is 0 Å². The number of benzene rings is 1. The number of Topliss-reactive ketones (excluding diaryl/α,β-unsaturated/α-hetero) is 1. The smallest absolute Gasteiger partial charge is 0.185 e. The molecule has 2 aromatic rings. The van der Waals surface area contributed by atoms with E-state index in [9.17, 15) is 10.1 Å².